The first-order valence-corrected chi connectivity index (χ1v) is 6.96. The van der Waals surface area contributed by atoms with E-state index >= 15 is 0 Å². The van der Waals surface area contributed by atoms with Gasteiger partial charge in [0.2, 0.25) is 0 Å². The van der Waals surface area contributed by atoms with Crippen molar-refractivity contribution in [1.82, 2.24) is 4.90 Å². The van der Waals surface area contributed by atoms with Crippen LogP contribution in [-0.2, 0) is 0 Å². The largest absolute Gasteiger partial charge is 0.327 e. The molecule has 96 valence electrons. The van der Waals surface area contributed by atoms with Crippen molar-refractivity contribution < 1.29 is 0 Å². The van der Waals surface area contributed by atoms with Crippen molar-refractivity contribution in [2.24, 2.45) is 17.6 Å². The molecule has 1 saturated carbocycles. The minimum Gasteiger partial charge on any atom is -0.327 e. The average Bonchev–Trinajstić information content (AvgIpc) is 2.25. The van der Waals surface area contributed by atoms with Gasteiger partial charge in [0.05, 0.1) is 0 Å². The van der Waals surface area contributed by atoms with Crippen LogP contribution in [0.4, 0.5) is 0 Å². The van der Waals surface area contributed by atoms with Crippen LogP contribution in [0.2, 0.25) is 0 Å². The van der Waals surface area contributed by atoms with Gasteiger partial charge in [-0.3, -0.25) is 0 Å². The summed E-state index contributed by atoms with van der Waals surface area (Å²) >= 11 is 0. The van der Waals surface area contributed by atoms with E-state index in [0.29, 0.717) is 12.0 Å². The lowest BCUT2D eigenvalue weighted by molar-refractivity contribution is 0.157. The van der Waals surface area contributed by atoms with Crippen LogP contribution in [0.15, 0.2) is 0 Å². The minimum absolute atomic E-state index is 0.364. The van der Waals surface area contributed by atoms with Gasteiger partial charge in [0.1, 0.15) is 0 Å². The van der Waals surface area contributed by atoms with Crippen LogP contribution in [-0.4, -0.2) is 30.6 Å². The molecule has 3 unspecified atom stereocenters. The van der Waals surface area contributed by atoms with Gasteiger partial charge in [-0.25, -0.2) is 0 Å². The SMILES string of the molecule is CC1CCCC(N(C)CCC(N)C(C)C)C1. The fourth-order valence-corrected chi connectivity index (χ4v) is 2.67. The van der Waals surface area contributed by atoms with E-state index in [0.717, 1.165) is 24.9 Å². The third kappa shape index (κ3) is 4.42. The van der Waals surface area contributed by atoms with Crippen LogP contribution in [0.5, 0.6) is 0 Å². The van der Waals surface area contributed by atoms with Gasteiger partial charge in [-0.2, -0.15) is 0 Å². The van der Waals surface area contributed by atoms with E-state index in [9.17, 15) is 0 Å². The van der Waals surface area contributed by atoms with Crippen molar-refractivity contribution in [1.29, 1.82) is 0 Å². The second-order valence-corrected chi connectivity index (χ2v) is 6.10. The van der Waals surface area contributed by atoms with E-state index < -0.39 is 0 Å². The summed E-state index contributed by atoms with van der Waals surface area (Å²) in [6, 6.07) is 1.17. The summed E-state index contributed by atoms with van der Waals surface area (Å²) in [4.78, 5) is 2.54. The Balaban J connectivity index is 2.26. The summed E-state index contributed by atoms with van der Waals surface area (Å²) in [7, 11) is 2.27. The highest BCUT2D eigenvalue weighted by Gasteiger charge is 2.22. The second-order valence-electron chi connectivity index (χ2n) is 6.10. The molecule has 0 amide bonds. The Morgan fingerprint density at radius 2 is 2.00 bits per heavy atom. The van der Waals surface area contributed by atoms with Crippen LogP contribution < -0.4 is 5.73 Å². The highest BCUT2D eigenvalue weighted by Crippen LogP contribution is 2.26. The fraction of sp³-hybridized carbons (Fsp3) is 1.00. The summed E-state index contributed by atoms with van der Waals surface area (Å²) in [6.07, 6.45) is 6.74. The Hall–Kier alpha value is -0.0800. The summed E-state index contributed by atoms with van der Waals surface area (Å²) < 4.78 is 0. The smallest absolute Gasteiger partial charge is 0.00947 e. The number of rotatable bonds is 5. The van der Waals surface area contributed by atoms with Gasteiger partial charge < -0.3 is 10.6 Å². The third-order valence-corrected chi connectivity index (χ3v) is 4.20. The van der Waals surface area contributed by atoms with Gasteiger partial charge >= 0.3 is 0 Å². The Morgan fingerprint density at radius 3 is 2.56 bits per heavy atom. The van der Waals surface area contributed by atoms with Crippen molar-refractivity contribution in [3.63, 3.8) is 0 Å². The van der Waals surface area contributed by atoms with Crippen LogP contribution >= 0.6 is 0 Å². The van der Waals surface area contributed by atoms with Crippen LogP contribution in [0.1, 0.15) is 52.9 Å². The van der Waals surface area contributed by atoms with E-state index in [-0.39, 0.29) is 0 Å². The molecule has 16 heavy (non-hydrogen) atoms. The van der Waals surface area contributed by atoms with Crippen molar-refractivity contribution in [2.75, 3.05) is 13.6 Å². The molecule has 0 heterocycles. The molecule has 0 bridgehead atoms. The summed E-state index contributed by atoms with van der Waals surface area (Å²) in [6.45, 7) is 7.98. The van der Waals surface area contributed by atoms with Crippen molar-refractivity contribution in [3.8, 4) is 0 Å². The van der Waals surface area contributed by atoms with E-state index in [1.807, 2.05) is 0 Å². The zero-order chi connectivity index (χ0) is 12.1. The summed E-state index contributed by atoms with van der Waals surface area (Å²) in [5, 5.41) is 0. The quantitative estimate of drug-likeness (QED) is 0.781. The Bertz CT molecular complexity index is 191. The zero-order valence-electron chi connectivity index (χ0n) is 11.6. The van der Waals surface area contributed by atoms with Gasteiger partial charge in [-0.1, -0.05) is 33.6 Å². The molecule has 1 rings (SSSR count). The van der Waals surface area contributed by atoms with E-state index in [4.69, 9.17) is 5.73 Å². The standard InChI is InChI=1S/C14H30N2/c1-11(2)14(15)8-9-16(4)13-7-5-6-12(3)10-13/h11-14H,5-10,15H2,1-4H3. The van der Waals surface area contributed by atoms with Crippen LogP contribution in [0.3, 0.4) is 0 Å². The van der Waals surface area contributed by atoms with Gasteiger partial charge in [-0.05, 0) is 44.7 Å². The third-order valence-electron chi connectivity index (χ3n) is 4.20. The zero-order valence-corrected chi connectivity index (χ0v) is 11.6. The molecule has 0 saturated heterocycles. The number of nitrogens with zero attached hydrogens (tertiary/aromatic N) is 1. The molecule has 2 heteroatoms. The molecular weight excluding hydrogens is 196 g/mol. The maximum Gasteiger partial charge on any atom is 0.00947 e. The Morgan fingerprint density at radius 1 is 1.31 bits per heavy atom. The first-order chi connectivity index (χ1) is 7.50. The molecule has 0 aliphatic heterocycles. The molecule has 1 aliphatic carbocycles. The lowest BCUT2D eigenvalue weighted by Gasteiger charge is -2.34. The molecule has 0 aromatic heterocycles. The predicted octanol–water partition coefficient (Wildman–Crippen LogP) is 2.87. The topological polar surface area (TPSA) is 29.3 Å². The second kappa shape index (κ2) is 6.61. The highest BCUT2D eigenvalue weighted by atomic mass is 15.1. The van der Waals surface area contributed by atoms with Crippen LogP contribution in [0.25, 0.3) is 0 Å². The van der Waals surface area contributed by atoms with Gasteiger partial charge in [0.15, 0.2) is 0 Å². The first-order valence-electron chi connectivity index (χ1n) is 6.96. The lowest BCUT2D eigenvalue weighted by atomic mass is 9.86. The molecule has 2 N–H and O–H groups in total. The molecule has 2 nitrogen and oxygen atoms in total. The van der Waals surface area contributed by atoms with Crippen molar-refractivity contribution in [2.45, 2.75) is 65.0 Å². The molecule has 0 aromatic carbocycles. The minimum atomic E-state index is 0.364. The van der Waals surface area contributed by atoms with E-state index in [1.54, 1.807) is 0 Å². The monoisotopic (exact) mass is 226 g/mol. The summed E-state index contributed by atoms with van der Waals surface area (Å²) in [5.41, 5.74) is 6.09. The molecule has 1 fully saturated rings. The van der Waals surface area contributed by atoms with E-state index in [2.05, 4.69) is 32.7 Å². The lowest BCUT2D eigenvalue weighted by Crippen LogP contribution is -2.39. The average molecular weight is 226 g/mol. The Kier molecular flexibility index (Phi) is 5.77. The van der Waals surface area contributed by atoms with E-state index in [1.165, 1.54) is 25.7 Å². The molecule has 3 atom stereocenters. The molecular formula is C14H30N2. The number of hydrogen-bond donors (Lipinski definition) is 1. The molecule has 0 spiro atoms. The summed E-state index contributed by atoms with van der Waals surface area (Å²) in [5.74, 6) is 1.53. The Labute approximate surface area is 102 Å². The fourth-order valence-electron chi connectivity index (χ4n) is 2.67. The number of hydrogen-bond acceptors (Lipinski definition) is 2. The van der Waals surface area contributed by atoms with Crippen LogP contribution in [0, 0.1) is 11.8 Å². The number of nitrogens with two attached hydrogens (primary N) is 1. The molecule has 1 aliphatic rings. The predicted molar refractivity (Wildman–Crippen MR) is 71.5 cm³/mol. The van der Waals surface area contributed by atoms with Gasteiger partial charge in [-0.15, -0.1) is 0 Å². The van der Waals surface area contributed by atoms with Gasteiger partial charge in [0, 0.05) is 12.1 Å². The maximum absolute atomic E-state index is 6.09. The molecule has 0 aromatic rings. The van der Waals surface area contributed by atoms with Crippen molar-refractivity contribution >= 4 is 0 Å². The maximum atomic E-state index is 6.09. The van der Waals surface area contributed by atoms with Crippen molar-refractivity contribution in [3.05, 3.63) is 0 Å². The first kappa shape index (κ1) is 14.0. The highest BCUT2D eigenvalue weighted by molar-refractivity contribution is 4.78. The normalized spacial score (nSPS) is 28.7. The molecule has 0 radical (unpaired) electrons. The van der Waals surface area contributed by atoms with Gasteiger partial charge in [0.25, 0.3) is 0 Å².